The quantitative estimate of drug-likeness (QED) is 0.687. The lowest BCUT2D eigenvalue weighted by molar-refractivity contribution is -0.187. The smallest absolute Gasteiger partial charge is 0.312 e. The van der Waals surface area contributed by atoms with Gasteiger partial charge < -0.3 is 4.74 Å². The first kappa shape index (κ1) is 16.9. The van der Waals surface area contributed by atoms with Crippen molar-refractivity contribution in [1.29, 1.82) is 0 Å². The van der Waals surface area contributed by atoms with E-state index in [0.29, 0.717) is 0 Å². The zero-order valence-electron chi connectivity index (χ0n) is 13.5. The van der Waals surface area contributed by atoms with Crippen LogP contribution in [0.1, 0.15) is 67.2 Å². The summed E-state index contributed by atoms with van der Waals surface area (Å²) in [5.41, 5.74) is -0.592. The predicted octanol–water partition coefficient (Wildman–Crippen LogP) is 4.67. The fourth-order valence-corrected chi connectivity index (χ4v) is 3.55. The first-order valence-electron chi connectivity index (χ1n) is 7.52. The molecular weight excluding hydrogens is 256 g/mol. The SMILES string of the molecule is CCC(C)(C)C(=O)OC1(C(C)(C)CC)CCSCC1. The number of carbonyl (C=O) groups excluding carboxylic acids is 1. The molecule has 0 aromatic heterocycles. The van der Waals surface area contributed by atoms with Crippen molar-refractivity contribution in [3.8, 4) is 0 Å². The lowest BCUT2D eigenvalue weighted by Crippen LogP contribution is -2.52. The molecule has 0 bridgehead atoms. The van der Waals surface area contributed by atoms with Gasteiger partial charge in [-0.15, -0.1) is 0 Å². The maximum atomic E-state index is 12.5. The minimum Gasteiger partial charge on any atom is -0.458 e. The zero-order chi connectivity index (χ0) is 14.7. The summed E-state index contributed by atoms with van der Waals surface area (Å²) in [6.07, 6.45) is 3.84. The Labute approximate surface area is 123 Å². The molecule has 0 amide bonds. The van der Waals surface area contributed by atoms with Crippen molar-refractivity contribution in [3.63, 3.8) is 0 Å². The Morgan fingerprint density at radius 1 is 1.11 bits per heavy atom. The van der Waals surface area contributed by atoms with Gasteiger partial charge in [-0.2, -0.15) is 11.8 Å². The van der Waals surface area contributed by atoms with Crippen LogP contribution in [0.3, 0.4) is 0 Å². The van der Waals surface area contributed by atoms with E-state index in [-0.39, 0.29) is 22.4 Å². The molecule has 1 saturated heterocycles. The Bertz CT molecular complexity index is 315. The second-order valence-electron chi connectivity index (χ2n) is 6.97. The molecule has 0 aromatic carbocycles. The van der Waals surface area contributed by atoms with E-state index in [0.717, 1.165) is 37.2 Å². The Morgan fingerprint density at radius 3 is 2.05 bits per heavy atom. The molecule has 1 heterocycles. The van der Waals surface area contributed by atoms with Crippen LogP contribution in [-0.4, -0.2) is 23.1 Å². The van der Waals surface area contributed by atoms with Gasteiger partial charge in [-0.05, 0) is 51.0 Å². The molecule has 0 aliphatic carbocycles. The van der Waals surface area contributed by atoms with Crippen molar-refractivity contribution in [2.75, 3.05) is 11.5 Å². The zero-order valence-corrected chi connectivity index (χ0v) is 14.3. The number of esters is 1. The number of ether oxygens (including phenoxy) is 1. The Balaban J connectivity index is 2.96. The first-order valence-corrected chi connectivity index (χ1v) is 8.67. The second-order valence-corrected chi connectivity index (χ2v) is 8.20. The summed E-state index contributed by atoms with van der Waals surface area (Å²) < 4.78 is 6.14. The molecule has 19 heavy (non-hydrogen) atoms. The Hall–Kier alpha value is -0.180. The number of hydrogen-bond acceptors (Lipinski definition) is 3. The van der Waals surface area contributed by atoms with Crippen molar-refractivity contribution < 1.29 is 9.53 Å². The minimum atomic E-state index is -0.374. The van der Waals surface area contributed by atoms with Crippen molar-refractivity contribution in [2.45, 2.75) is 72.8 Å². The van der Waals surface area contributed by atoms with Gasteiger partial charge in [0.15, 0.2) is 0 Å². The van der Waals surface area contributed by atoms with E-state index >= 15 is 0 Å². The number of hydrogen-bond donors (Lipinski definition) is 0. The Morgan fingerprint density at radius 2 is 1.63 bits per heavy atom. The summed E-state index contributed by atoms with van der Waals surface area (Å²) in [4.78, 5) is 12.5. The molecule has 1 aliphatic heterocycles. The second kappa shape index (κ2) is 6.07. The third-order valence-electron chi connectivity index (χ3n) is 5.14. The van der Waals surface area contributed by atoms with Crippen molar-refractivity contribution >= 4 is 17.7 Å². The van der Waals surface area contributed by atoms with Crippen LogP contribution in [0, 0.1) is 10.8 Å². The summed E-state index contributed by atoms with van der Waals surface area (Å²) in [5.74, 6) is 2.18. The molecule has 112 valence electrons. The molecule has 0 N–H and O–H groups in total. The third kappa shape index (κ3) is 3.48. The number of thioether (sulfide) groups is 1. The molecule has 1 fully saturated rings. The molecule has 2 nitrogen and oxygen atoms in total. The summed E-state index contributed by atoms with van der Waals surface area (Å²) in [6.45, 7) is 12.7. The highest BCUT2D eigenvalue weighted by molar-refractivity contribution is 7.99. The highest BCUT2D eigenvalue weighted by atomic mass is 32.2. The van der Waals surface area contributed by atoms with E-state index < -0.39 is 0 Å². The fourth-order valence-electron chi connectivity index (χ4n) is 2.40. The number of carbonyl (C=O) groups is 1. The van der Waals surface area contributed by atoms with Gasteiger partial charge in [-0.1, -0.05) is 27.7 Å². The molecule has 1 rings (SSSR count). The van der Waals surface area contributed by atoms with Gasteiger partial charge in [0.05, 0.1) is 5.41 Å². The van der Waals surface area contributed by atoms with Crippen molar-refractivity contribution in [3.05, 3.63) is 0 Å². The normalized spacial score (nSPS) is 20.1. The van der Waals surface area contributed by atoms with Crippen molar-refractivity contribution in [2.24, 2.45) is 10.8 Å². The highest BCUT2D eigenvalue weighted by Crippen LogP contribution is 2.47. The molecule has 1 aliphatic rings. The van der Waals surface area contributed by atoms with Crippen LogP contribution < -0.4 is 0 Å². The largest absolute Gasteiger partial charge is 0.458 e. The van der Waals surface area contributed by atoms with Crippen LogP contribution in [0.15, 0.2) is 0 Å². The van der Waals surface area contributed by atoms with Gasteiger partial charge >= 0.3 is 5.97 Å². The van der Waals surface area contributed by atoms with E-state index in [2.05, 4.69) is 27.7 Å². The van der Waals surface area contributed by atoms with Gasteiger partial charge in [-0.25, -0.2) is 0 Å². The molecule has 0 aromatic rings. The lowest BCUT2D eigenvalue weighted by atomic mass is 9.69. The fraction of sp³-hybridized carbons (Fsp3) is 0.938. The molecule has 0 atom stereocenters. The maximum absolute atomic E-state index is 12.5. The maximum Gasteiger partial charge on any atom is 0.312 e. The average Bonchev–Trinajstić information content (AvgIpc) is 2.39. The summed E-state index contributed by atoms with van der Waals surface area (Å²) >= 11 is 1.97. The average molecular weight is 286 g/mol. The molecule has 0 unspecified atom stereocenters. The molecule has 0 saturated carbocycles. The molecular formula is C16H30O2S. The summed E-state index contributed by atoms with van der Waals surface area (Å²) in [6, 6.07) is 0. The highest BCUT2D eigenvalue weighted by Gasteiger charge is 2.49. The van der Waals surface area contributed by atoms with Crippen LogP contribution in [0.4, 0.5) is 0 Å². The van der Waals surface area contributed by atoms with Crippen molar-refractivity contribution in [1.82, 2.24) is 0 Å². The van der Waals surface area contributed by atoms with Crippen LogP contribution in [0.5, 0.6) is 0 Å². The number of rotatable bonds is 5. The first-order chi connectivity index (χ1) is 8.71. The predicted molar refractivity (Wildman–Crippen MR) is 83.5 cm³/mol. The van der Waals surface area contributed by atoms with E-state index in [4.69, 9.17) is 4.74 Å². The van der Waals surface area contributed by atoms with Gasteiger partial charge in [-0.3, -0.25) is 4.79 Å². The molecule has 0 spiro atoms. The third-order valence-corrected chi connectivity index (χ3v) is 6.13. The summed E-state index contributed by atoms with van der Waals surface area (Å²) in [5, 5.41) is 0. The van der Waals surface area contributed by atoms with Gasteiger partial charge in [0.25, 0.3) is 0 Å². The van der Waals surface area contributed by atoms with Crippen LogP contribution in [0.25, 0.3) is 0 Å². The molecule has 3 heteroatoms. The van der Waals surface area contributed by atoms with E-state index in [9.17, 15) is 4.79 Å². The van der Waals surface area contributed by atoms with Crippen LogP contribution >= 0.6 is 11.8 Å². The standard InChI is InChI=1S/C16H30O2S/c1-7-14(3,4)13(17)18-16(15(5,6)8-2)9-11-19-12-10-16/h7-12H2,1-6H3. The minimum absolute atomic E-state index is 0.0246. The van der Waals surface area contributed by atoms with E-state index in [1.54, 1.807) is 0 Å². The van der Waals surface area contributed by atoms with E-state index in [1.165, 1.54) is 0 Å². The Kier molecular flexibility index (Phi) is 5.39. The van der Waals surface area contributed by atoms with Gasteiger partial charge in [0.2, 0.25) is 0 Å². The van der Waals surface area contributed by atoms with Gasteiger partial charge in [0, 0.05) is 5.41 Å². The molecule has 0 radical (unpaired) electrons. The van der Waals surface area contributed by atoms with Gasteiger partial charge in [0.1, 0.15) is 5.60 Å². The lowest BCUT2D eigenvalue weighted by Gasteiger charge is -2.49. The monoisotopic (exact) mass is 286 g/mol. The summed E-state index contributed by atoms with van der Waals surface area (Å²) in [7, 11) is 0. The van der Waals surface area contributed by atoms with E-state index in [1.807, 2.05) is 25.6 Å². The van der Waals surface area contributed by atoms with Crippen LogP contribution in [-0.2, 0) is 9.53 Å². The topological polar surface area (TPSA) is 26.3 Å². The van der Waals surface area contributed by atoms with Crippen LogP contribution in [0.2, 0.25) is 0 Å².